The quantitative estimate of drug-likeness (QED) is 0.756. The Bertz CT molecular complexity index is 826. The molecule has 0 bridgehead atoms. The number of carbonyl (C=O) groups is 1. The molecule has 0 fully saturated rings. The van der Waals surface area contributed by atoms with Gasteiger partial charge in [-0.15, -0.1) is 0 Å². The highest BCUT2D eigenvalue weighted by Gasteiger charge is 2.15. The first kappa shape index (κ1) is 14.5. The van der Waals surface area contributed by atoms with Gasteiger partial charge in [0.15, 0.2) is 17.1 Å². The number of nitrogens with one attached hydrogen (secondary N) is 1. The maximum atomic E-state index is 12.3. The van der Waals surface area contributed by atoms with Gasteiger partial charge in [0.2, 0.25) is 0 Å². The lowest BCUT2D eigenvalue weighted by atomic mass is 10.2. The Hall–Kier alpha value is -2.46. The second-order valence-corrected chi connectivity index (χ2v) is 5.12. The summed E-state index contributed by atoms with van der Waals surface area (Å²) in [6.07, 6.45) is 0. The molecule has 0 radical (unpaired) electrons. The molecule has 1 heterocycles. The van der Waals surface area contributed by atoms with Crippen molar-refractivity contribution >= 4 is 34.2 Å². The summed E-state index contributed by atoms with van der Waals surface area (Å²) in [5, 5.41) is 4.13. The average molecular weight is 316 g/mol. The molecule has 0 aliphatic carbocycles. The first-order valence-electron chi connectivity index (χ1n) is 6.89. The van der Waals surface area contributed by atoms with Gasteiger partial charge in [0.25, 0.3) is 5.91 Å². The van der Waals surface area contributed by atoms with Crippen molar-refractivity contribution in [2.75, 3.05) is 11.9 Å². The van der Waals surface area contributed by atoms with Crippen LogP contribution in [0.4, 0.5) is 5.69 Å². The van der Waals surface area contributed by atoms with Gasteiger partial charge >= 0.3 is 0 Å². The van der Waals surface area contributed by atoms with Crippen molar-refractivity contribution in [3.05, 3.63) is 59.3 Å². The fourth-order valence-corrected chi connectivity index (χ4v) is 2.37. The number of rotatable bonds is 4. The Kier molecular flexibility index (Phi) is 4.02. The Morgan fingerprint density at radius 2 is 2.05 bits per heavy atom. The monoisotopic (exact) mass is 315 g/mol. The van der Waals surface area contributed by atoms with Crippen LogP contribution in [0, 0.1) is 0 Å². The zero-order valence-electron chi connectivity index (χ0n) is 11.9. The molecule has 112 valence electrons. The summed E-state index contributed by atoms with van der Waals surface area (Å²) < 4.78 is 11.1. The first-order chi connectivity index (χ1) is 10.7. The Labute approximate surface area is 132 Å². The summed E-state index contributed by atoms with van der Waals surface area (Å²) in [6.45, 7) is 2.43. The van der Waals surface area contributed by atoms with Gasteiger partial charge in [-0.05, 0) is 37.3 Å². The van der Waals surface area contributed by atoms with E-state index in [0.29, 0.717) is 28.6 Å². The fourth-order valence-electron chi connectivity index (χ4n) is 2.18. The predicted octanol–water partition coefficient (Wildman–Crippen LogP) is 4.74. The molecule has 3 rings (SSSR count). The number of halogens is 1. The number of furan rings is 1. The van der Waals surface area contributed by atoms with Crippen LogP contribution in [-0.2, 0) is 0 Å². The molecular weight excluding hydrogens is 302 g/mol. The highest BCUT2D eigenvalue weighted by atomic mass is 35.5. The molecule has 2 aromatic carbocycles. The fraction of sp³-hybridized carbons (Fsp3) is 0.118. The van der Waals surface area contributed by atoms with Gasteiger partial charge in [-0.25, -0.2) is 0 Å². The highest BCUT2D eigenvalue weighted by molar-refractivity contribution is 6.30. The van der Waals surface area contributed by atoms with Crippen LogP contribution in [0.1, 0.15) is 17.5 Å². The number of amides is 1. The van der Waals surface area contributed by atoms with Gasteiger partial charge in [-0.2, -0.15) is 0 Å². The third-order valence-corrected chi connectivity index (χ3v) is 3.35. The van der Waals surface area contributed by atoms with E-state index in [1.165, 1.54) is 0 Å². The third kappa shape index (κ3) is 2.92. The van der Waals surface area contributed by atoms with E-state index in [4.69, 9.17) is 20.8 Å². The lowest BCUT2D eigenvalue weighted by Gasteiger charge is -2.03. The number of ether oxygens (including phenoxy) is 1. The second-order valence-electron chi connectivity index (χ2n) is 4.68. The molecule has 0 saturated carbocycles. The molecule has 0 unspecified atom stereocenters. The third-order valence-electron chi connectivity index (χ3n) is 3.11. The molecule has 4 nitrogen and oxygen atoms in total. The van der Waals surface area contributed by atoms with Crippen LogP contribution in [0.25, 0.3) is 11.0 Å². The zero-order chi connectivity index (χ0) is 15.5. The number of hydrogen-bond donors (Lipinski definition) is 1. The van der Waals surface area contributed by atoms with Gasteiger partial charge in [-0.3, -0.25) is 4.79 Å². The van der Waals surface area contributed by atoms with Crippen LogP contribution in [0.5, 0.6) is 5.75 Å². The van der Waals surface area contributed by atoms with Crippen LogP contribution in [0.3, 0.4) is 0 Å². The molecule has 1 amide bonds. The van der Waals surface area contributed by atoms with E-state index < -0.39 is 0 Å². The van der Waals surface area contributed by atoms with Crippen molar-refractivity contribution in [2.45, 2.75) is 6.92 Å². The van der Waals surface area contributed by atoms with E-state index >= 15 is 0 Å². The molecule has 5 heteroatoms. The van der Waals surface area contributed by atoms with Crippen LogP contribution in [-0.4, -0.2) is 12.5 Å². The van der Waals surface area contributed by atoms with E-state index in [1.807, 2.05) is 25.1 Å². The van der Waals surface area contributed by atoms with Gasteiger partial charge in [0, 0.05) is 16.1 Å². The van der Waals surface area contributed by atoms with Crippen molar-refractivity contribution in [2.24, 2.45) is 0 Å². The molecule has 0 saturated heterocycles. The van der Waals surface area contributed by atoms with Crippen molar-refractivity contribution in [1.29, 1.82) is 0 Å². The smallest absolute Gasteiger partial charge is 0.291 e. The number of carbonyl (C=O) groups excluding carboxylic acids is 1. The SMILES string of the molecule is CCOc1cccc2cc(C(=O)Nc3cccc(Cl)c3)oc12. The highest BCUT2D eigenvalue weighted by Crippen LogP contribution is 2.29. The lowest BCUT2D eigenvalue weighted by Crippen LogP contribution is -2.10. The van der Waals surface area contributed by atoms with E-state index in [-0.39, 0.29) is 11.7 Å². The topological polar surface area (TPSA) is 51.5 Å². The predicted molar refractivity (Wildman–Crippen MR) is 86.8 cm³/mol. The normalized spacial score (nSPS) is 10.6. The van der Waals surface area contributed by atoms with Gasteiger partial charge in [0.05, 0.1) is 6.61 Å². The number of anilines is 1. The molecule has 1 N–H and O–H groups in total. The summed E-state index contributed by atoms with van der Waals surface area (Å²) in [6, 6.07) is 14.2. The van der Waals surface area contributed by atoms with Crippen molar-refractivity contribution in [1.82, 2.24) is 0 Å². The standard InChI is InChI=1S/C17H14ClNO3/c1-2-21-14-8-3-5-11-9-15(22-16(11)14)17(20)19-13-7-4-6-12(18)10-13/h3-10H,2H2,1H3,(H,19,20). The number of hydrogen-bond acceptors (Lipinski definition) is 3. The lowest BCUT2D eigenvalue weighted by molar-refractivity contribution is 0.0998. The maximum Gasteiger partial charge on any atom is 0.291 e. The first-order valence-corrected chi connectivity index (χ1v) is 7.27. The van der Waals surface area contributed by atoms with Gasteiger partial charge in [0.1, 0.15) is 0 Å². The zero-order valence-corrected chi connectivity index (χ0v) is 12.7. The Morgan fingerprint density at radius 1 is 1.23 bits per heavy atom. The number of fused-ring (bicyclic) bond motifs is 1. The summed E-state index contributed by atoms with van der Waals surface area (Å²) in [7, 11) is 0. The molecule has 0 spiro atoms. The van der Waals surface area contributed by atoms with Gasteiger partial charge in [-0.1, -0.05) is 29.8 Å². The molecule has 0 aliphatic heterocycles. The minimum atomic E-state index is -0.332. The molecule has 3 aromatic rings. The van der Waals surface area contributed by atoms with Crippen LogP contribution in [0.2, 0.25) is 5.02 Å². The summed E-state index contributed by atoms with van der Waals surface area (Å²) in [5.41, 5.74) is 1.18. The molecule has 0 aliphatic rings. The molecular formula is C17H14ClNO3. The van der Waals surface area contributed by atoms with Crippen molar-refractivity contribution in [3.63, 3.8) is 0 Å². The second kappa shape index (κ2) is 6.12. The number of para-hydroxylation sites is 1. The average Bonchev–Trinajstić information content (AvgIpc) is 2.93. The summed E-state index contributed by atoms with van der Waals surface area (Å²) >= 11 is 5.90. The minimum Gasteiger partial charge on any atom is -0.490 e. The van der Waals surface area contributed by atoms with Crippen LogP contribution in [0.15, 0.2) is 52.9 Å². The van der Waals surface area contributed by atoms with E-state index in [0.717, 1.165) is 5.39 Å². The van der Waals surface area contributed by atoms with E-state index in [2.05, 4.69) is 5.32 Å². The summed E-state index contributed by atoms with van der Waals surface area (Å²) in [5.74, 6) is 0.518. The van der Waals surface area contributed by atoms with Gasteiger partial charge < -0.3 is 14.5 Å². The van der Waals surface area contributed by atoms with E-state index in [1.54, 1.807) is 30.3 Å². The Balaban J connectivity index is 1.89. The molecule has 1 aromatic heterocycles. The Morgan fingerprint density at radius 3 is 2.82 bits per heavy atom. The molecule has 0 atom stereocenters. The van der Waals surface area contributed by atoms with Crippen molar-refractivity contribution in [3.8, 4) is 5.75 Å². The number of benzene rings is 2. The maximum absolute atomic E-state index is 12.3. The van der Waals surface area contributed by atoms with E-state index in [9.17, 15) is 4.79 Å². The molecule has 22 heavy (non-hydrogen) atoms. The largest absolute Gasteiger partial charge is 0.490 e. The van der Waals surface area contributed by atoms with Crippen LogP contribution >= 0.6 is 11.6 Å². The minimum absolute atomic E-state index is 0.224. The van der Waals surface area contributed by atoms with Crippen LogP contribution < -0.4 is 10.1 Å². The summed E-state index contributed by atoms with van der Waals surface area (Å²) in [4.78, 5) is 12.3. The van der Waals surface area contributed by atoms with Crippen molar-refractivity contribution < 1.29 is 13.9 Å².